The Morgan fingerprint density at radius 2 is 1.43 bits per heavy atom. The molecule has 30 heavy (non-hydrogen) atoms. The highest BCUT2D eigenvalue weighted by Crippen LogP contribution is 2.55. The normalized spacial score (nSPS) is 32.6. The van der Waals surface area contributed by atoms with E-state index >= 15 is 0 Å². The number of benzene rings is 1. The molecule has 4 bridgehead atoms. The van der Waals surface area contributed by atoms with E-state index < -0.39 is 0 Å². The molecule has 3 amide bonds. The fourth-order valence-corrected chi connectivity index (χ4v) is 6.87. The van der Waals surface area contributed by atoms with Gasteiger partial charge in [0.2, 0.25) is 5.91 Å². The zero-order valence-corrected chi connectivity index (χ0v) is 17.7. The number of nitrogens with one attached hydrogen (secondary N) is 1. The third-order valence-corrected chi connectivity index (χ3v) is 7.76. The summed E-state index contributed by atoms with van der Waals surface area (Å²) in [7, 11) is 0. The van der Waals surface area contributed by atoms with Crippen molar-refractivity contribution in [3.8, 4) is 0 Å². The molecule has 4 fully saturated rings. The zero-order valence-electron chi connectivity index (χ0n) is 17.7. The molecule has 0 aromatic heterocycles. The van der Waals surface area contributed by atoms with Gasteiger partial charge < -0.3 is 15.1 Å². The van der Waals surface area contributed by atoms with E-state index in [1.54, 1.807) is 34.1 Å². The topological polar surface area (TPSA) is 69.7 Å². The van der Waals surface area contributed by atoms with Crippen molar-refractivity contribution in [3.05, 3.63) is 35.4 Å². The Hall–Kier alpha value is -2.37. The Morgan fingerprint density at radius 1 is 0.933 bits per heavy atom. The van der Waals surface area contributed by atoms with Gasteiger partial charge in [-0.1, -0.05) is 12.1 Å². The van der Waals surface area contributed by atoms with Crippen LogP contribution in [0, 0.1) is 17.8 Å². The van der Waals surface area contributed by atoms with Gasteiger partial charge in [-0.25, -0.2) is 0 Å². The minimum absolute atomic E-state index is 0.0546. The van der Waals surface area contributed by atoms with Crippen LogP contribution in [0.3, 0.4) is 0 Å². The van der Waals surface area contributed by atoms with Crippen LogP contribution >= 0.6 is 0 Å². The number of nitrogens with zero attached hydrogens (tertiary/aromatic N) is 2. The minimum Gasteiger partial charge on any atom is -0.349 e. The average molecular weight is 410 g/mol. The highest BCUT2D eigenvalue weighted by Gasteiger charge is 2.51. The van der Waals surface area contributed by atoms with Crippen LogP contribution in [-0.4, -0.2) is 59.2 Å². The molecule has 1 heterocycles. The highest BCUT2D eigenvalue weighted by molar-refractivity contribution is 6.08. The molecule has 4 aliphatic carbocycles. The van der Waals surface area contributed by atoms with Crippen molar-refractivity contribution in [1.82, 2.24) is 15.1 Å². The van der Waals surface area contributed by atoms with E-state index in [4.69, 9.17) is 0 Å². The Morgan fingerprint density at radius 3 is 1.97 bits per heavy atom. The molecule has 1 N–H and O–H groups in total. The van der Waals surface area contributed by atoms with Crippen LogP contribution in [0.1, 0.15) is 66.2 Å². The van der Waals surface area contributed by atoms with E-state index in [1.165, 1.54) is 19.3 Å². The van der Waals surface area contributed by atoms with Crippen molar-refractivity contribution >= 4 is 17.7 Å². The van der Waals surface area contributed by atoms with Crippen LogP contribution in [0.5, 0.6) is 0 Å². The van der Waals surface area contributed by atoms with Crippen LogP contribution in [-0.2, 0) is 4.79 Å². The maximum Gasteiger partial charge on any atom is 0.255 e. The molecule has 0 spiro atoms. The predicted octanol–water partition coefficient (Wildman–Crippen LogP) is 2.69. The van der Waals surface area contributed by atoms with Gasteiger partial charge in [-0.2, -0.15) is 0 Å². The molecule has 1 aliphatic heterocycles. The number of hydrogen-bond acceptors (Lipinski definition) is 3. The molecule has 160 valence electrons. The van der Waals surface area contributed by atoms with Gasteiger partial charge in [0.05, 0.1) is 17.7 Å². The van der Waals surface area contributed by atoms with Crippen LogP contribution in [0.25, 0.3) is 0 Å². The van der Waals surface area contributed by atoms with Gasteiger partial charge >= 0.3 is 0 Å². The van der Waals surface area contributed by atoms with Crippen LogP contribution < -0.4 is 5.32 Å². The van der Waals surface area contributed by atoms with E-state index in [1.807, 2.05) is 6.92 Å². The molecular weight excluding hydrogens is 378 g/mol. The van der Waals surface area contributed by atoms with E-state index in [2.05, 4.69) is 5.32 Å². The molecule has 4 saturated carbocycles. The first-order valence-corrected chi connectivity index (χ1v) is 11.4. The maximum absolute atomic E-state index is 13.2. The summed E-state index contributed by atoms with van der Waals surface area (Å²) < 4.78 is 0. The number of amides is 3. The summed E-state index contributed by atoms with van der Waals surface area (Å²) in [6.07, 6.45) is 7.28. The van der Waals surface area contributed by atoms with Gasteiger partial charge in [-0.05, 0) is 75.3 Å². The van der Waals surface area contributed by atoms with Gasteiger partial charge in [0, 0.05) is 25.2 Å². The second kappa shape index (κ2) is 7.40. The fourth-order valence-electron chi connectivity index (χ4n) is 6.87. The highest BCUT2D eigenvalue weighted by atomic mass is 16.2. The smallest absolute Gasteiger partial charge is 0.255 e. The zero-order chi connectivity index (χ0) is 20.9. The van der Waals surface area contributed by atoms with E-state index in [0.717, 1.165) is 37.0 Å². The summed E-state index contributed by atoms with van der Waals surface area (Å²) in [5, 5.41) is 3.37. The van der Waals surface area contributed by atoms with E-state index in [0.29, 0.717) is 30.8 Å². The van der Waals surface area contributed by atoms with Crippen LogP contribution in [0.4, 0.5) is 0 Å². The molecule has 6 rings (SSSR count). The summed E-state index contributed by atoms with van der Waals surface area (Å²) in [4.78, 5) is 42.4. The molecule has 5 aliphatic rings. The lowest BCUT2D eigenvalue weighted by atomic mass is 9.53. The van der Waals surface area contributed by atoms with E-state index in [9.17, 15) is 14.4 Å². The Labute approximate surface area is 178 Å². The van der Waals surface area contributed by atoms with Gasteiger partial charge in [0.1, 0.15) is 0 Å². The number of hydrogen-bond donors (Lipinski definition) is 1. The Balaban J connectivity index is 1.33. The molecular formula is C24H31N3O3. The second-order valence-electron chi connectivity index (χ2n) is 9.90. The third-order valence-electron chi connectivity index (χ3n) is 7.76. The lowest BCUT2D eigenvalue weighted by Gasteiger charge is -2.57. The van der Waals surface area contributed by atoms with Crippen LogP contribution in [0.15, 0.2) is 24.3 Å². The molecule has 1 aromatic carbocycles. The molecule has 0 radical (unpaired) electrons. The quantitative estimate of drug-likeness (QED) is 0.831. The lowest BCUT2D eigenvalue weighted by Crippen LogP contribution is -2.61. The monoisotopic (exact) mass is 409 g/mol. The van der Waals surface area contributed by atoms with Crippen molar-refractivity contribution in [2.45, 2.75) is 51.0 Å². The Kier molecular flexibility index (Phi) is 4.83. The third kappa shape index (κ3) is 3.40. The molecule has 6 heteroatoms. The van der Waals surface area contributed by atoms with Crippen molar-refractivity contribution in [2.75, 3.05) is 26.2 Å². The summed E-state index contributed by atoms with van der Waals surface area (Å²) in [6.45, 7) is 3.39. The number of fused-ring (bicyclic) bond motifs is 1. The number of carbonyl (C=O) groups is 3. The first-order chi connectivity index (χ1) is 14.5. The average Bonchev–Trinajstić information content (AvgIpc) is 2.70. The summed E-state index contributed by atoms with van der Waals surface area (Å²) in [5.41, 5.74) is 0.764. The Bertz CT molecular complexity index is 845. The molecule has 1 aromatic rings. The SMILES string of the molecule is CCN1CCN(CC(=O)NC23CC4CC(CC(C4)C2)C3)C(=O)c2ccccc2C1=O. The lowest BCUT2D eigenvalue weighted by molar-refractivity contribution is -0.127. The van der Waals surface area contributed by atoms with Gasteiger partial charge in [0.15, 0.2) is 0 Å². The van der Waals surface area contributed by atoms with Crippen molar-refractivity contribution in [3.63, 3.8) is 0 Å². The number of rotatable bonds is 4. The summed E-state index contributed by atoms with van der Waals surface area (Å²) >= 11 is 0. The fraction of sp³-hybridized carbons (Fsp3) is 0.625. The summed E-state index contributed by atoms with van der Waals surface area (Å²) in [5.74, 6) is 1.88. The number of carbonyl (C=O) groups excluding carboxylic acids is 3. The van der Waals surface area contributed by atoms with Gasteiger partial charge in [-0.3, -0.25) is 14.4 Å². The van der Waals surface area contributed by atoms with Gasteiger partial charge in [0.25, 0.3) is 11.8 Å². The first-order valence-electron chi connectivity index (χ1n) is 11.4. The van der Waals surface area contributed by atoms with Crippen molar-refractivity contribution in [2.24, 2.45) is 17.8 Å². The van der Waals surface area contributed by atoms with Crippen molar-refractivity contribution < 1.29 is 14.4 Å². The molecule has 0 unspecified atom stereocenters. The van der Waals surface area contributed by atoms with E-state index in [-0.39, 0.29) is 29.8 Å². The predicted molar refractivity (Wildman–Crippen MR) is 113 cm³/mol. The van der Waals surface area contributed by atoms with Crippen molar-refractivity contribution in [1.29, 1.82) is 0 Å². The number of likely N-dealkylation sites (N-methyl/N-ethyl adjacent to an activating group) is 1. The first kappa shape index (κ1) is 19.6. The molecule has 0 atom stereocenters. The minimum atomic E-state index is -0.227. The van der Waals surface area contributed by atoms with Gasteiger partial charge in [-0.15, -0.1) is 0 Å². The summed E-state index contributed by atoms with van der Waals surface area (Å²) in [6, 6.07) is 6.95. The largest absolute Gasteiger partial charge is 0.349 e. The standard InChI is InChI=1S/C24H31N3O3/c1-2-26-7-8-27(23(30)20-6-4-3-5-19(20)22(26)29)15-21(28)25-24-12-16-9-17(13-24)11-18(10-16)14-24/h3-6,16-18H,2,7-15H2,1H3,(H,25,28). The maximum atomic E-state index is 13.2. The molecule has 0 saturated heterocycles. The van der Waals surface area contributed by atoms with Crippen LogP contribution in [0.2, 0.25) is 0 Å². The molecule has 6 nitrogen and oxygen atoms in total. The second-order valence-corrected chi connectivity index (χ2v) is 9.90.